The highest BCUT2D eigenvalue weighted by molar-refractivity contribution is 6.23. The number of piperazine rings is 1. The van der Waals surface area contributed by atoms with E-state index in [9.17, 15) is 33.9 Å². The van der Waals surface area contributed by atoms with Crippen LogP contribution in [0.4, 0.5) is 28.7 Å². The predicted molar refractivity (Wildman–Crippen MR) is 269 cm³/mol. The first-order valence-corrected chi connectivity index (χ1v) is 25.3. The molecule has 0 spiro atoms. The monoisotopic (exact) mass is 973 g/mol. The second kappa shape index (κ2) is 17.3. The molecular weight excluding hydrogens is 915 g/mol. The maximum Gasteiger partial charge on any atom is 0.276 e. The molecular formula is C54H59N11O7. The molecule has 7 aliphatic rings. The molecule has 4 atom stereocenters. The van der Waals surface area contributed by atoms with E-state index in [1.165, 1.54) is 15.8 Å². The predicted octanol–water partition coefficient (Wildman–Crippen LogP) is 4.49. The Hall–Kier alpha value is -7.18. The SMILES string of the molecule is C[C@H]1CN(C2CC3CN(c4ccc5c(c4)C(=O)N(C4CCC(=O)NC4=O)C5=O)CC3C2)CCN1c1ccc(Nc2cc(-c3ccnc(N4CCn5c(cc6c5CC(C)(C)C6)C4=O)c3CO)cn(C)c2=O)nc1. The van der Waals surface area contributed by atoms with Gasteiger partial charge >= 0.3 is 0 Å². The number of aliphatic hydroxyl groups excluding tert-OH is 1. The second-order valence-corrected chi connectivity index (χ2v) is 21.8. The summed E-state index contributed by atoms with van der Waals surface area (Å²) in [6.07, 6.45) is 9.52. The number of hydrogen-bond donors (Lipinski definition) is 3. The number of amides is 5. The molecule has 18 nitrogen and oxygen atoms in total. The van der Waals surface area contributed by atoms with Crippen LogP contribution in [0.1, 0.15) is 94.5 Å². The first-order valence-electron chi connectivity index (χ1n) is 25.3. The molecule has 3 saturated heterocycles. The maximum absolute atomic E-state index is 14.0. The van der Waals surface area contributed by atoms with Crippen molar-refractivity contribution in [3.8, 4) is 11.1 Å². The summed E-state index contributed by atoms with van der Waals surface area (Å²) < 4.78 is 3.67. The minimum Gasteiger partial charge on any atom is -0.392 e. The van der Waals surface area contributed by atoms with Crippen LogP contribution in [-0.4, -0.2) is 121 Å². The fourth-order valence-corrected chi connectivity index (χ4v) is 13.1. The Morgan fingerprint density at radius 3 is 2.33 bits per heavy atom. The van der Waals surface area contributed by atoms with Gasteiger partial charge in [-0.15, -0.1) is 0 Å². The number of hydrogen-bond acceptors (Lipinski definition) is 13. The average molecular weight is 974 g/mol. The van der Waals surface area contributed by atoms with Crippen LogP contribution in [0.25, 0.3) is 11.1 Å². The van der Waals surface area contributed by atoms with Crippen LogP contribution in [-0.2, 0) is 42.6 Å². The summed E-state index contributed by atoms with van der Waals surface area (Å²) in [6.45, 7) is 12.0. The Morgan fingerprint density at radius 1 is 0.819 bits per heavy atom. The Morgan fingerprint density at radius 2 is 1.60 bits per heavy atom. The third-order valence-corrected chi connectivity index (χ3v) is 16.6. The molecule has 372 valence electrons. The van der Waals surface area contributed by atoms with Crippen LogP contribution in [0.15, 0.2) is 71.9 Å². The Kier molecular flexibility index (Phi) is 11.0. The largest absolute Gasteiger partial charge is 0.392 e. The van der Waals surface area contributed by atoms with Crippen molar-refractivity contribution in [3.05, 3.63) is 111 Å². The first-order chi connectivity index (χ1) is 34.6. The molecule has 2 aliphatic carbocycles. The van der Waals surface area contributed by atoms with Gasteiger partial charge in [-0.3, -0.25) is 48.8 Å². The molecule has 1 saturated carbocycles. The van der Waals surface area contributed by atoms with Gasteiger partial charge in [0, 0.05) is 106 Å². The van der Waals surface area contributed by atoms with E-state index < -0.39 is 29.7 Å². The van der Waals surface area contributed by atoms with Crippen LogP contribution in [0.5, 0.6) is 0 Å². The van der Waals surface area contributed by atoms with Gasteiger partial charge in [-0.2, -0.15) is 0 Å². The lowest BCUT2D eigenvalue weighted by Crippen LogP contribution is -2.54. The number of aryl methyl sites for hydroxylation is 1. The molecule has 0 bridgehead atoms. The lowest BCUT2D eigenvalue weighted by atomic mass is 9.90. The second-order valence-electron chi connectivity index (χ2n) is 21.8. The van der Waals surface area contributed by atoms with Crippen molar-refractivity contribution in [2.75, 3.05) is 59.3 Å². The number of carbonyl (C=O) groups excluding carboxylic acids is 5. The van der Waals surface area contributed by atoms with Crippen LogP contribution in [0.2, 0.25) is 0 Å². The zero-order valence-electron chi connectivity index (χ0n) is 41.1. The number of imide groups is 2. The van der Waals surface area contributed by atoms with Gasteiger partial charge in [0.1, 0.15) is 29.1 Å². The highest BCUT2D eigenvalue weighted by Gasteiger charge is 2.47. The molecule has 18 heteroatoms. The fourth-order valence-electron chi connectivity index (χ4n) is 13.1. The summed E-state index contributed by atoms with van der Waals surface area (Å²) in [5.74, 6) is -0.139. The van der Waals surface area contributed by atoms with E-state index >= 15 is 0 Å². The van der Waals surface area contributed by atoms with E-state index in [0.29, 0.717) is 81.8 Å². The van der Waals surface area contributed by atoms with Gasteiger partial charge in [0.2, 0.25) is 11.8 Å². The molecule has 5 amide bonds. The van der Waals surface area contributed by atoms with Gasteiger partial charge in [-0.1, -0.05) is 13.8 Å². The van der Waals surface area contributed by atoms with E-state index in [0.717, 1.165) is 74.7 Å². The number of nitrogens with zero attached hydrogens (tertiary/aromatic N) is 9. The minimum atomic E-state index is -0.984. The maximum atomic E-state index is 14.0. The van der Waals surface area contributed by atoms with Gasteiger partial charge in [-0.05, 0) is 116 Å². The van der Waals surface area contributed by atoms with Gasteiger partial charge < -0.3 is 29.4 Å². The highest BCUT2D eigenvalue weighted by Crippen LogP contribution is 2.44. The standard InChI is InChI=1S/C54H59N11O7/c1-30-25-60(37-17-32-27-61(28-33(32)18-37)35-5-7-39-40(21-35)51(70)65(50(39)69)43-8-10-47(67)58-49(43)68)13-14-62(30)36-6-9-46(56-24-36)57-42-19-34(26-59(4)52(42)71)38-11-12-55-48(41(38)29-66)64-16-15-63-44(53(64)72)20-31-22-54(2,3)23-45(31)63/h5-7,9,11-12,19-21,24,26,30,32-33,37,43,66H,8,10,13-18,22-23,25,27-29H2,1-4H3,(H,56,57)(H,58,67,68)/t30-,32?,33?,37?,43?/m0/s1. The first kappa shape index (κ1) is 45.9. The molecule has 9 heterocycles. The number of aliphatic hydroxyl groups is 1. The van der Waals surface area contributed by atoms with Gasteiger partial charge in [-0.25, -0.2) is 9.97 Å². The van der Waals surface area contributed by atoms with Crippen molar-refractivity contribution in [1.29, 1.82) is 0 Å². The van der Waals surface area contributed by atoms with Crippen molar-refractivity contribution in [1.82, 2.24) is 34.2 Å². The Balaban J connectivity index is 0.672. The van der Waals surface area contributed by atoms with Crippen LogP contribution < -0.4 is 30.9 Å². The molecule has 3 unspecified atom stereocenters. The minimum absolute atomic E-state index is 0.0850. The molecule has 0 radical (unpaired) electrons. The van der Waals surface area contributed by atoms with E-state index in [4.69, 9.17) is 4.98 Å². The van der Waals surface area contributed by atoms with Crippen molar-refractivity contribution in [2.24, 2.45) is 24.3 Å². The zero-order valence-corrected chi connectivity index (χ0v) is 41.1. The number of benzene rings is 1. The number of aromatic nitrogens is 4. The zero-order chi connectivity index (χ0) is 49.9. The summed E-state index contributed by atoms with van der Waals surface area (Å²) in [7, 11) is 1.69. The number of nitrogens with one attached hydrogen (secondary N) is 2. The summed E-state index contributed by atoms with van der Waals surface area (Å²) in [6, 6.07) is 14.7. The molecule has 4 aromatic heterocycles. The molecule has 1 aromatic carbocycles. The summed E-state index contributed by atoms with van der Waals surface area (Å²) in [5, 5.41) is 16.3. The van der Waals surface area contributed by atoms with E-state index in [2.05, 4.69) is 55.7 Å². The number of carbonyl (C=O) groups is 5. The summed E-state index contributed by atoms with van der Waals surface area (Å²) >= 11 is 0. The number of pyridine rings is 3. The van der Waals surface area contributed by atoms with Gasteiger partial charge in [0.15, 0.2) is 0 Å². The molecule has 4 fully saturated rings. The van der Waals surface area contributed by atoms with Crippen molar-refractivity contribution in [2.45, 2.75) is 90.6 Å². The number of rotatable bonds is 9. The normalized spacial score (nSPS) is 24.7. The fraction of sp³-hybridized carbons (Fsp3) is 0.444. The Labute approximate surface area is 416 Å². The third-order valence-electron chi connectivity index (χ3n) is 16.6. The number of fused-ring (bicyclic) bond motifs is 5. The third kappa shape index (κ3) is 7.68. The Bertz CT molecular complexity index is 3170. The lowest BCUT2D eigenvalue weighted by Gasteiger charge is -2.44. The van der Waals surface area contributed by atoms with E-state index in [1.807, 2.05) is 36.5 Å². The quantitative estimate of drug-likeness (QED) is 0.175. The molecule has 5 aromatic rings. The van der Waals surface area contributed by atoms with Crippen molar-refractivity contribution in [3.63, 3.8) is 0 Å². The topological polar surface area (TPSA) is 199 Å². The summed E-state index contributed by atoms with van der Waals surface area (Å²) in [5.41, 5.74) is 7.80. The molecule has 5 aliphatic heterocycles. The van der Waals surface area contributed by atoms with Crippen LogP contribution in [0.3, 0.4) is 0 Å². The van der Waals surface area contributed by atoms with E-state index in [-0.39, 0.29) is 42.4 Å². The average Bonchev–Trinajstić information content (AvgIpc) is 4.16. The van der Waals surface area contributed by atoms with Gasteiger partial charge in [0.25, 0.3) is 23.3 Å². The molecule has 12 rings (SSSR count). The van der Waals surface area contributed by atoms with Gasteiger partial charge in [0.05, 0.1) is 29.6 Å². The summed E-state index contributed by atoms with van der Waals surface area (Å²) in [4.78, 5) is 98.1. The highest BCUT2D eigenvalue weighted by atomic mass is 16.3. The lowest BCUT2D eigenvalue weighted by molar-refractivity contribution is -0.136. The van der Waals surface area contributed by atoms with E-state index in [1.54, 1.807) is 42.5 Å². The van der Waals surface area contributed by atoms with Crippen LogP contribution in [0, 0.1) is 17.3 Å². The van der Waals surface area contributed by atoms with Crippen molar-refractivity contribution < 1.29 is 29.1 Å². The molecule has 3 N–H and O–H groups in total. The smallest absolute Gasteiger partial charge is 0.276 e. The molecule has 72 heavy (non-hydrogen) atoms. The number of piperidine rings is 1. The van der Waals surface area contributed by atoms with Crippen LogP contribution >= 0.6 is 0 Å². The number of anilines is 5. The van der Waals surface area contributed by atoms with Crippen molar-refractivity contribution >= 4 is 58.2 Å².